The molecule has 9 heteroatoms. The highest BCUT2D eigenvalue weighted by atomic mass is 32.2. The molecule has 0 saturated carbocycles. The quantitative estimate of drug-likeness (QED) is 0.409. The first-order valence-corrected chi connectivity index (χ1v) is 12.9. The molecule has 1 aliphatic rings. The van der Waals surface area contributed by atoms with Crippen molar-refractivity contribution in [2.45, 2.75) is 44.4 Å². The fourth-order valence-electron chi connectivity index (χ4n) is 3.93. The van der Waals surface area contributed by atoms with Gasteiger partial charge in [0, 0.05) is 24.2 Å². The van der Waals surface area contributed by atoms with Crippen LogP contribution in [0.25, 0.3) is 0 Å². The number of Topliss-reactive ketones (excluding diaryl/α,β-unsaturated/α-hetero) is 1. The normalized spacial score (nSPS) is 13.3. The highest BCUT2D eigenvalue weighted by Crippen LogP contribution is 2.22. The van der Waals surface area contributed by atoms with Crippen LogP contribution in [0.5, 0.6) is 0 Å². The van der Waals surface area contributed by atoms with Crippen molar-refractivity contribution in [3.8, 4) is 0 Å². The number of fused-ring (bicyclic) bond motifs is 1. The van der Waals surface area contributed by atoms with Crippen LogP contribution >= 0.6 is 0 Å². The van der Waals surface area contributed by atoms with E-state index in [1.807, 2.05) is 12.1 Å². The minimum atomic E-state index is -3.62. The summed E-state index contributed by atoms with van der Waals surface area (Å²) in [4.78, 5) is 36.8. The second-order valence-electron chi connectivity index (χ2n) is 8.07. The van der Waals surface area contributed by atoms with E-state index in [4.69, 9.17) is 4.74 Å². The van der Waals surface area contributed by atoms with Gasteiger partial charge >= 0.3 is 5.97 Å². The fraction of sp³-hybridized carbons (Fsp3) is 0.400. The van der Waals surface area contributed by atoms with E-state index in [1.54, 1.807) is 19.9 Å². The number of ketones is 1. The number of nitrogens with one attached hydrogen (secondary N) is 1. The summed E-state index contributed by atoms with van der Waals surface area (Å²) in [7, 11) is -3.62. The Morgan fingerprint density at radius 1 is 0.912 bits per heavy atom. The number of rotatable bonds is 10. The summed E-state index contributed by atoms with van der Waals surface area (Å²) in [5.41, 5.74) is 3.15. The number of aryl methyl sites for hydroxylation is 2. The minimum Gasteiger partial charge on any atom is -0.456 e. The maximum Gasteiger partial charge on any atom is 0.325 e. The van der Waals surface area contributed by atoms with Crippen molar-refractivity contribution in [3.05, 3.63) is 64.7 Å². The van der Waals surface area contributed by atoms with E-state index in [0.717, 1.165) is 25.7 Å². The molecule has 1 aliphatic carbocycles. The first-order chi connectivity index (χ1) is 16.3. The van der Waals surface area contributed by atoms with Crippen molar-refractivity contribution in [2.75, 3.05) is 26.2 Å². The highest BCUT2D eigenvalue weighted by molar-refractivity contribution is 7.89. The Labute approximate surface area is 200 Å². The van der Waals surface area contributed by atoms with Crippen LogP contribution in [0.15, 0.2) is 47.4 Å². The first kappa shape index (κ1) is 25.6. The zero-order chi connectivity index (χ0) is 24.7. The summed E-state index contributed by atoms with van der Waals surface area (Å²) in [6, 6.07) is 11.1. The number of esters is 1. The molecule has 1 amide bonds. The second-order valence-corrected chi connectivity index (χ2v) is 10.0. The molecule has 2 aromatic rings. The average Bonchev–Trinajstić information content (AvgIpc) is 2.86. The topological polar surface area (TPSA) is 110 Å². The lowest BCUT2D eigenvalue weighted by Gasteiger charge is -2.18. The predicted octanol–water partition coefficient (Wildman–Crippen LogP) is 2.75. The van der Waals surface area contributed by atoms with Gasteiger partial charge in [-0.1, -0.05) is 26.0 Å². The number of hydrogen-bond donors (Lipinski definition) is 1. The summed E-state index contributed by atoms with van der Waals surface area (Å²) in [5, 5.41) is 2.42. The van der Waals surface area contributed by atoms with Gasteiger partial charge in [-0.05, 0) is 67.1 Å². The Balaban J connectivity index is 1.49. The third-order valence-electron chi connectivity index (χ3n) is 5.89. The van der Waals surface area contributed by atoms with Gasteiger partial charge in [0.1, 0.15) is 6.54 Å². The Morgan fingerprint density at radius 2 is 1.53 bits per heavy atom. The smallest absolute Gasteiger partial charge is 0.325 e. The lowest BCUT2D eigenvalue weighted by molar-refractivity contribution is -0.141. The Bertz CT molecular complexity index is 1150. The molecule has 182 valence electrons. The van der Waals surface area contributed by atoms with Crippen molar-refractivity contribution in [3.63, 3.8) is 0 Å². The van der Waals surface area contributed by atoms with Gasteiger partial charge < -0.3 is 10.1 Å². The SMILES string of the molecule is CCN(CC)S(=O)(=O)c1ccc(C(=O)NCC(=O)OCC(=O)c2ccc3c(c2)CCCC3)cc1. The molecule has 1 N–H and O–H groups in total. The molecule has 34 heavy (non-hydrogen) atoms. The van der Waals surface area contributed by atoms with Crippen molar-refractivity contribution in [1.29, 1.82) is 0 Å². The van der Waals surface area contributed by atoms with Crippen molar-refractivity contribution < 1.29 is 27.5 Å². The Hall–Kier alpha value is -3.04. The molecule has 8 nitrogen and oxygen atoms in total. The van der Waals surface area contributed by atoms with Gasteiger partial charge in [-0.15, -0.1) is 0 Å². The zero-order valence-corrected chi connectivity index (χ0v) is 20.3. The molecule has 0 heterocycles. The number of hydrogen-bond acceptors (Lipinski definition) is 6. The molecule has 3 rings (SSSR count). The van der Waals surface area contributed by atoms with Gasteiger partial charge in [-0.2, -0.15) is 4.31 Å². The zero-order valence-electron chi connectivity index (χ0n) is 19.5. The van der Waals surface area contributed by atoms with Crippen molar-refractivity contribution in [1.82, 2.24) is 9.62 Å². The van der Waals surface area contributed by atoms with Crippen LogP contribution in [-0.4, -0.2) is 56.6 Å². The van der Waals surface area contributed by atoms with Crippen molar-refractivity contribution >= 4 is 27.7 Å². The maximum atomic E-state index is 12.5. The van der Waals surface area contributed by atoms with Gasteiger partial charge in [0.05, 0.1) is 4.90 Å². The average molecular weight is 487 g/mol. The molecule has 2 aromatic carbocycles. The number of ether oxygens (including phenoxy) is 1. The second kappa shape index (κ2) is 11.4. The standard InChI is InChI=1S/C25H30N2O6S/c1-3-27(4-2)34(31,32)22-13-11-19(12-14-22)25(30)26-16-24(29)33-17-23(28)21-10-9-18-7-5-6-8-20(18)15-21/h9-15H,3-8,16-17H2,1-2H3,(H,26,30). The molecule has 0 aromatic heterocycles. The molecule has 0 aliphatic heterocycles. The number of amides is 1. The van der Waals surface area contributed by atoms with Gasteiger partial charge in [0.2, 0.25) is 10.0 Å². The summed E-state index contributed by atoms with van der Waals surface area (Å²) in [5.74, 6) is -1.58. The molecule has 0 atom stereocenters. The minimum absolute atomic E-state index is 0.0906. The maximum absolute atomic E-state index is 12.5. The van der Waals surface area contributed by atoms with Gasteiger partial charge in [-0.3, -0.25) is 14.4 Å². The third kappa shape index (κ3) is 6.09. The summed E-state index contributed by atoms with van der Waals surface area (Å²) < 4.78 is 31.4. The highest BCUT2D eigenvalue weighted by Gasteiger charge is 2.22. The number of sulfonamides is 1. The van der Waals surface area contributed by atoms with Gasteiger partial charge in [-0.25, -0.2) is 8.42 Å². The van der Waals surface area contributed by atoms with E-state index >= 15 is 0 Å². The van der Waals surface area contributed by atoms with Crippen LogP contribution in [0.4, 0.5) is 0 Å². The van der Waals surface area contributed by atoms with E-state index in [0.29, 0.717) is 18.7 Å². The number of carbonyl (C=O) groups is 3. The lowest BCUT2D eigenvalue weighted by Crippen LogP contribution is -2.32. The molecule has 0 bridgehead atoms. The molecule has 0 unspecified atom stereocenters. The summed E-state index contributed by atoms with van der Waals surface area (Å²) in [6.07, 6.45) is 4.23. The van der Waals surface area contributed by atoms with Crippen LogP contribution in [0.3, 0.4) is 0 Å². The van der Waals surface area contributed by atoms with Crippen LogP contribution in [0.1, 0.15) is 58.5 Å². The first-order valence-electron chi connectivity index (χ1n) is 11.4. The Morgan fingerprint density at radius 3 is 2.18 bits per heavy atom. The molecular weight excluding hydrogens is 456 g/mol. The summed E-state index contributed by atoms with van der Waals surface area (Å²) in [6.45, 7) is 3.39. The molecule has 0 fully saturated rings. The monoisotopic (exact) mass is 486 g/mol. The molecule has 0 radical (unpaired) electrons. The number of benzene rings is 2. The van der Waals surface area contributed by atoms with E-state index in [-0.39, 0.29) is 16.2 Å². The van der Waals surface area contributed by atoms with E-state index in [2.05, 4.69) is 5.32 Å². The third-order valence-corrected chi connectivity index (χ3v) is 7.95. The van der Waals surface area contributed by atoms with Crippen molar-refractivity contribution in [2.24, 2.45) is 0 Å². The fourth-order valence-corrected chi connectivity index (χ4v) is 5.39. The van der Waals surface area contributed by atoms with Crippen LogP contribution in [-0.2, 0) is 32.4 Å². The van der Waals surface area contributed by atoms with E-state index in [1.165, 1.54) is 39.7 Å². The van der Waals surface area contributed by atoms with E-state index < -0.39 is 35.1 Å². The molecule has 0 spiro atoms. The number of carbonyl (C=O) groups excluding carboxylic acids is 3. The largest absolute Gasteiger partial charge is 0.456 e. The van der Waals surface area contributed by atoms with E-state index in [9.17, 15) is 22.8 Å². The Kier molecular flexibility index (Phi) is 8.57. The van der Waals surface area contributed by atoms with Gasteiger partial charge in [0.25, 0.3) is 5.91 Å². The molecular formula is C25H30N2O6S. The lowest BCUT2D eigenvalue weighted by atomic mass is 9.90. The van der Waals surface area contributed by atoms with Crippen LogP contribution in [0, 0.1) is 0 Å². The van der Waals surface area contributed by atoms with Crippen LogP contribution < -0.4 is 5.32 Å². The molecule has 0 saturated heterocycles. The predicted molar refractivity (Wildman–Crippen MR) is 127 cm³/mol. The number of nitrogens with zero attached hydrogens (tertiary/aromatic N) is 1. The van der Waals surface area contributed by atoms with Gasteiger partial charge in [0.15, 0.2) is 12.4 Å². The van der Waals surface area contributed by atoms with Crippen LogP contribution in [0.2, 0.25) is 0 Å². The summed E-state index contributed by atoms with van der Waals surface area (Å²) >= 11 is 0.